The van der Waals surface area contributed by atoms with Crippen LogP contribution in [-0.4, -0.2) is 28.6 Å². The van der Waals surface area contributed by atoms with Crippen molar-refractivity contribution in [3.8, 4) is 5.75 Å². The molecular weight excluding hydrogens is 380 g/mol. The van der Waals surface area contributed by atoms with Gasteiger partial charge in [-0.2, -0.15) is 0 Å². The Morgan fingerprint density at radius 1 is 1.07 bits per heavy atom. The number of rotatable bonds is 10. The van der Waals surface area contributed by atoms with Gasteiger partial charge in [-0.25, -0.2) is 4.79 Å². The van der Waals surface area contributed by atoms with Gasteiger partial charge >= 0.3 is 5.97 Å². The molecule has 1 amide bonds. The number of benzene rings is 2. The van der Waals surface area contributed by atoms with E-state index in [0.717, 1.165) is 18.2 Å². The second-order valence-corrected chi connectivity index (χ2v) is 7.20. The third kappa shape index (κ3) is 5.80. The highest BCUT2D eigenvalue weighted by Gasteiger charge is 2.12. The lowest BCUT2D eigenvalue weighted by atomic mass is 10.0. The lowest BCUT2D eigenvalue weighted by molar-refractivity contribution is -0.139. The quantitative estimate of drug-likeness (QED) is 0.459. The zero-order valence-electron chi connectivity index (χ0n) is 17.1. The zero-order valence-corrected chi connectivity index (χ0v) is 17.1. The number of para-hydroxylation sites is 1. The van der Waals surface area contributed by atoms with Crippen LogP contribution in [0.25, 0.3) is 10.9 Å². The summed E-state index contributed by atoms with van der Waals surface area (Å²) >= 11 is 0. The van der Waals surface area contributed by atoms with E-state index < -0.39 is 12.6 Å². The van der Waals surface area contributed by atoms with E-state index in [9.17, 15) is 9.59 Å². The Kier molecular flexibility index (Phi) is 7.38. The molecule has 3 aromatic rings. The predicted octanol–water partition coefficient (Wildman–Crippen LogP) is 5.07. The van der Waals surface area contributed by atoms with Crippen LogP contribution in [0.15, 0.2) is 54.7 Å². The van der Waals surface area contributed by atoms with Crippen molar-refractivity contribution in [2.75, 3.05) is 11.9 Å². The monoisotopic (exact) mass is 406 g/mol. The lowest BCUT2D eigenvalue weighted by Gasteiger charge is -2.10. The molecule has 0 spiro atoms. The maximum Gasteiger partial charge on any atom is 0.341 e. The van der Waals surface area contributed by atoms with E-state index in [2.05, 4.69) is 23.3 Å². The summed E-state index contributed by atoms with van der Waals surface area (Å²) in [7, 11) is 0. The first-order valence-electron chi connectivity index (χ1n) is 10.2. The molecule has 30 heavy (non-hydrogen) atoms. The van der Waals surface area contributed by atoms with Crippen molar-refractivity contribution in [3.63, 3.8) is 0 Å². The number of carboxylic acids is 1. The Labute approximate surface area is 175 Å². The SMILES string of the molecule is CCCCCCc1cnc2c(C(=O)Nc3cccc(OCC(=O)O)c3)cccc2c1. The number of unbranched alkanes of at least 4 members (excludes halogenated alkanes) is 3. The van der Waals surface area contributed by atoms with E-state index in [-0.39, 0.29) is 5.91 Å². The normalized spacial score (nSPS) is 10.7. The minimum atomic E-state index is -1.06. The highest BCUT2D eigenvalue weighted by molar-refractivity contribution is 6.11. The fourth-order valence-corrected chi connectivity index (χ4v) is 3.29. The third-order valence-electron chi connectivity index (χ3n) is 4.79. The summed E-state index contributed by atoms with van der Waals surface area (Å²) in [5.41, 5.74) is 2.85. The van der Waals surface area contributed by atoms with Crippen molar-refractivity contribution in [1.29, 1.82) is 0 Å². The average molecular weight is 406 g/mol. The Bertz CT molecular complexity index is 1030. The fraction of sp³-hybridized carbons (Fsp3) is 0.292. The number of carboxylic acid groups (broad SMARTS) is 1. The van der Waals surface area contributed by atoms with Gasteiger partial charge in [0.15, 0.2) is 6.61 Å². The fourth-order valence-electron chi connectivity index (χ4n) is 3.29. The van der Waals surface area contributed by atoms with Gasteiger partial charge in [0.05, 0.1) is 11.1 Å². The number of hydrogen-bond acceptors (Lipinski definition) is 4. The first-order chi connectivity index (χ1) is 14.6. The van der Waals surface area contributed by atoms with Crippen LogP contribution >= 0.6 is 0 Å². The number of ether oxygens (including phenoxy) is 1. The van der Waals surface area contributed by atoms with Crippen LogP contribution in [-0.2, 0) is 11.2 Å². The van der Waals surface area contributed by atoms with E-state index >= 15 is 0 Å². The topological polar surface area (TPSA) is 88.5 Å². The molecule has 0 bridgehead atoms. The van der Waals surface area contributed by atoms with E-state index in [4.69, 9.17) is 9.84 Å². The van der Waals surface area contributed by atoms with Crippen molar-refractivity contribution in [1.82, 2.24) is 4.98 Å². The number of amides is 1. The number of pyridine rings is 1. The van der Waals surface area contributed by atoms with Gasteiger partial charge in [0.1, 0.15) is 5.75 Å². The number of aryl methyl sites for hydroxylation is 1. The highest BCUT2D eigenvalue weighted by atomic mass is 16.5. The summed E-state index contributed by atoms with van der Waals surface area (Å²) in [5, 5.41) is 12.5. The Morgan fingerprint density at radius 3 is 2.70 bits per heavy atom. The number of aliphatic carboxylic acids is 1. The predicted molar refractivity (Wildman–Crippen MR) is 117 cm³/mol. The molecule has 0 fully saturated rings. The second-order valence-electron chi connectivity index (χ2n) is 7.20. The minimum Gasteiger partial charge on any atom is -0.482 e. The van der Waals surface area contributed by atoms with E-state index in [0.29, 0.717) is 22.5 Å². The molecule has 3 rings (SSSR count). The van der Waals surface area contributed by atoms with Crippen LogP contribution in [0.5, 0.6) is 5.75 Å². The summed E-state index contributed by atoms with van der Waals surface area (Å²) < 4.78 is 5.16. The van der Waals surface area contributed by atoms with Crippen molar-refractivity contribution in [3.05, 3.63) is 65.9 Å². The summed E-state index contributed by atoms with van der Waals surface area (Å²) in [6.45, 7) is 1.76. The third-order valence-corrected chi connectivity index (χ3v) is 4.79. The number of nitrogens with zero attached hydrogens (tertiary/aromatic N) is 1. The molecule has 0 aliphatic rings. The molecule has 0 atom stereocenters. The number of carbonyl (C=O) groups is 2. The molecule has 2 N–H and O–H groups in total. The summed E-state index contributed by atoms with van der Waals surface area (Å²) in [5.74, 6) is -0.964. The number of carbonyl (C=O) groups excluding carboxylic acids is 1. The first kappa shape index (κ1) is 21.3. The van der Waals surface area contributed by atoms with Crippen LogP contribution in [0.1, 0.15) is 48.5 Å². The van der Waals surface area contributed by atoms with Crippen LogP contribution in [0, 0.1) is 0 Å². The maximum atomic E-state index is 12.8. The first-order valence-corrected chi connectivity index (χ1v) is 10.2. The van der Waals surface area contributed by atoms with Gasteiger partial charge in [0, 0.05) is 23.3 Å². The highest BCUT2D eigenvalue weighted by Crippen LogP contribution is 2.22. The molecule has 0 radical (unpaired) electrons. The molecule has 0 saturated heterocycles. The molecule has 0 aliphatic carbocycles. The largest absolute Gasteiger partial charge is 0.482 e. The van der Waals surface area contributed by atoms with Crippen LogP contribution in [0.3, 0.4) is 0 Å². The smallest absolute Gasteiger partial charge is 0.341 e. The van der Waals surface area contributed by atoms with E-state index in [1.54, 1.807) is 30.3 Å². The van der Waals surface area contributed by atoms with Gasteiger partial charge in [-0.05, 0) is 42.7 Å². The van der Waals surface area contributed by atoms with Crippen LogP contribution in [0.4, 0.5) is 5.69 Å². The van der Waals surface area contributed by atoms with Gasteiger partial charge in [-0.1, -0.05) is 44.4 Å². The number of aromatic nitrogens is 1. The number of nitrogens with one attached hydrogen (secondary N) is 1. The average Bonchev–Trinajstić information content (AvgIpc) is 2.75. The number of fused-ring (bicyclic) bond motifs is 1. The molecule has 0 saturated carbocycles. The number of anilines is 1. The molecule has 6 heteroatoms. The minimum absolute atomic E-state index is 0.279. The summed E-state index contributed by atoms with van der Waals surface area (Å²) in [4.78, 5) is 28.1. The standard InChI is InChI=1S/C24H26N2O4/c1-2-3-4-5-8-17-13-18-9-6-12-21(23(18)25-15-17)24(29)26-19-10-7-11-20(14-19)30-16-22(27)28/h6-7,9-15H,2-5,8,16H2,1H3,(H,26,29)(H,27,28). The van der Waals surface area contributed by atoms with E-state index in [1.165, 1.54) is 24.8 Å². The van der Waals surface area contributed by atoms with Crippen LogP contribution in [0.2, 0.25) is 0 Å². The summed E-state index contributed by atoms with van der Waals surface area (Å²) in [6, 6.07) is 14.3. The summed E-state index contributed by atoms with van der Waals surface area (Å²) in [6.07, 6.45) is 7.65. The van der Waals surface area contributed by atoms with E-state index in [1.807, 2.05) is 18.3 Å². The molecule has 1 aromatic heterocycles. The molecule has 6 nitrogen and oxygen atoms in total. The molecule has 2 aromatic carbocycles. The Balaban J connectivity index is 1.73. The molecule has 1 heterocycles. The van der Waals surface area contributed by atoms with Crippen molar-refractivity contribution < 1.29 is 19.4 Å². The maximum absolute atomic E-state index is 12.8. The zero-order chi connectivity index (χ0) is 21.3. The Hall–Kier alpha value is -3.41. The van der Waals surface area contributed by atoms with Gasteiger partial charge in [0.2, 0.25) is 0 Å². The van der Waals surface area contributed by atoms with Crippen molar-refractivity contribution >= 4 is 28.5 Å². The van der Waals surface area contributed by atoms with Gasteiger partial charge < -0.3 is 15.2 Å². The van der Waals surface area contributed by atoms with Crippen LogP contribution < -0.4 is 10.1 Å². The van der Waals surface area contributed by atoms with Gasteiger partial charge in [-0.15, -0.1) is 0 Å². The molecule has 0 unspecified atom stereocenters. The van der Waals surface area contributed by atoms with Crippen molar-refractivity contribution in [2.45, 2.75) is 39.0 Å². The number of hydrogen-bond donors (Lipinski definition) is 2. The molecule has 156 valence electrons. The van der Waals surface area contributed by atoms with Crippen molar-refractivity contribution in [2.24, 2.45) is 0 Å². The molecule has 0 aliphatic heterocycles. The second kappa shape index (κ2) is 10.4. The van der Waals surface area contributed by atoms with Gasteiger partial charge in [-0.3, -0.25) is 9.78 Å². The lowest BCUT2D eigenvalue weighted by Crippen LogP contribution is -2.13. The Morgan fingerprint density at radius 2 is 1.90 bits per heavy atom. The molecular formula is C24H26N2O4. The van der Waals surface area contributed by atoms with Gasteiger partial charge in [0.25, 0.3) is 5.91 Å².